The quantitative estimate of drug-likeness (QED) is 0.206. The number of amides is 2. The van der Waals surface area contributed by atoms with Crippen LogP contribution in [0, 0.1) is 0 Å². The molecule has 3 aromatic carbocycles. The molecule has 4 aromatic rings. The molecule has 1 aromatic heterocycles. The van der Waals surface area contributed by atoms with Crippen LogP contribution in [0.5, 0.6) is 11.5 Å². The van der Waals surface area contributed by atoms with E-state index >= 15 is 0 Å². The standard InChI is InChI=1S/C27H24N4O4/c1-34-24-13-12-18(15-25(24)35-2)14-23(30-26(32)19-8-4-3-5-9-19)27(33)31-29-17-20-16-28-22-11-7-6-10-21(20)22/h3-17,28H,1-2H3,(H,30,32)(H,31,33). The summed E-state index contributed by atoms with van der Waals surface area (Å²) < 4.78 is 10.6. The van der Waals surface area contributed by atoms with Crippen LogP contribution in [-0.4, -0.2) is 37.2 Å². The lowest BCUT2D eigenvalue weighted by Gasteiger charge is -2.11. The molecule has 0 saturated heterocycles. The minimum atomic E-state index is -0.583. The van der Waals surface area contributed by atoms with Crippen molar-refractivity contribution < 1.29 is 19.1 Å². The zero-order valence-electron chi connectivity index (χ0n) is 19.2. The summed E-state index contributed by atoms with van der Waals surface area (Å²) in [5.41, 5.74) is 5.33. The molecule has 2 amide bonds. The maximum absolute atomic E-state index is 13.0. The first kappa shape index (κ1) is 23.3. The Hall–Kier alpha value is -4.85. The number of carbonyl (C=O) groups is 2. The van der Waals surface area contributed by atoms with Gasteiger partial charge in [0.05, 0.1) is 20.4 Å². The van der Waals surface area contributed by atoms with Gasteiger partial charge in [-0.05, 0) is 42.0 Å². The Morgan fingerprint density at radius 3 is 2.43 bits per heavy atom. The third-order valence-electron chi connectivity index (χ3n) is 5.24. The van der Waals surface area contributed by atoms with E-state index in [1.807, 2.05) is 30.3 Å². The lowest BCUT2D eigenvalue weighted by Crippen LogP contribution is -2.32. The molecule has 0 aliphatic carbocycles. The number of aromatic amines is 1. The Labute approximate surface area is 202 Å². The van der Waals surface area contributed by atoms with Gasteiger partial charge in [-0.15, -0.1) is 0 Å². The van der Waals surface area contributed by atoms with Gasteiger partial charge in [0.2, 0.25) is 0 Å². The van der Waals surface area contributed by atoms with Crippen LogP contribution in [0.15, 0.2) is 89.8 Å². The van der Waals surface area contributed by atoms with Crippen molar-refractivity contribution in [3.8, 4) is 11.5 Å². The third kappa shape index (κ3) is 5.56. The fourth-order valence-electron chi connectivity index (χ4n) is 3.47. The van der Waals surface area contributed by atoms with Crippen LogP contribution in [0.2, 0.25) is 0 Å². The summed E-state index contributed by atoms with van der Waals surface area (Å²) in [6.07, 6.45) is 4.89. The number of hydrazone groups is 1. The number of ether oxygens (including phenoxy) is 2. The Morgan fingerprint density at radius 2 is 1.66 bits per heavy atom. The number of methoxy groups -OCH3 is 2. The minimum Gasteiger partial charge on any atom is -0.493 e. The number of hydrogen-bond donors (Lipinski definition) is 3. The summed E-state index contributed by atoms with van der Waals surface area (Å²) in [6, 6.07) is 21.6. The summed E-state index contributed by atoms with van der Waals surface area (Å²) in [5, 5.41) is 7.74. The molecule has 0 atom stereocenters. The van der Waals surface area contributed by atoms with E-state index < -0.39 is 11.8 Å². The maximum atomic E-state index is 13.0. The van der Waals surface area contributed by atoms with Crippen LogP contribution in [0.3, 0.4) is 0 Å². The number of para-hydroxylation sites is 1. The first-order chi connectivity index (χ1) is 17.1. The summed E-state index contributed by atoms with van der Waals surface area (Å²) in [7, 11) is 3.06. The summed E-state index contributed by atoms with van der Waals surface area (Å²) >= 11 is 0. The number of hydrogen-bond acceptors (Lipinski definition) is 5. The molecule has 8 heteroatoms. The Morgan fingerprint density at radius 1 is 0.914 bits per heavy atom. The SMILES string of the molecule is COc1ccc(C=C(NC(=O)c2ccccc2)C(=O)NN=Cc2c[nH]c3ccccc23)cc1OC. The second-order valence-corrected chi connectivity index (χ2v) is 7.48. The smallest absolute Gasteiger partial charge is 0.287 e. The lowest BCUT2D eigenvalue weighted by molar-refractivity contribution is -0.117. The predicted molar refractivity (Wildman–Crippen MR) is 135 cm³/mol. The van der Waals surface area contributed by atoms with Gasteiger partial charge in [0.15, 0.2) is 11.5 Å². The predicted octanol–water partition coefficient (Wildman–Crippen LogP) is 4.11. The van der Waals surface area contributed by atoms with Gasteiger partial charge < -0.3 is 19.8 Å². The molecule has 0 bridgehead atoms. The lowest BCUT2D eigenvalue weighted by atomic mass is 10.1. The monoisotopic (exact) mass is 468 g/mol. The van der Waals surface area contributed by atoms with Crippen LogP contribution in [0.25, 0.3) is 17.0 Å². The van der Waals surface area contributed by atoms with E-state index in [1.54, 1.807) is 61.0 Å². The molecule has 0 fully saturated rings. The molecule has 0 spiro atoms. The molecule has 4 rings (SSSR count). The van der Waals surface area contributed by atoms with Gasteiger partial charge in [-0.3, -0.25) is 9.59 Å². The average molecular weight is 469 g/mol. The Kier molecular flexibility index (Phi) is 7.22. The van der Waals surface area contributed by atoms with Crippen molar-refractivity contribution in [2.75, 3.05) is 14.2 Å². The van der Waals surface area contributed by atoms with E-state index in [1.165, 1.54) is 14.2 Å². The van der Waals surface area contributed by atoms with E-state index in [0.717, 1.165) is 16.5 Å². The third-order valence-corrected chi connectivity index (χ3v) is 5.24. The highest BCUT2D eigenvalue weighted by molar-refractivity contribution is 6.06. The molecule has 0 unspecified atom stereocenters. The number of aromatic nitrogens is 1. The van der Waals surface area contributed by atoms with Crippen molar-refractivity contribution in [1.82, 2.24) is 15.7 Å². The van der Waals surface area contributed by atoms with Gasteiger partial charge in [0, 0.05) is 28.2 Å². The molecule has 0 radical (unpaired) electrons. The largest absolute Gasteiger partial charge is 0.493 e. The summed E-state index contributed by atoms with van der Waals surface area (Å²) in [4.78, 5) is 28.9. The van der Waals surface area contributed by atoms with Crippen molar-refractivity contribution in [1.29, 1.82) is 0 Å². The maximum Gasteiger partial charge on any atom is 0.287 e. The minimum absolute atomic E-state index is 0.0159. The van der Waals surface area contributed by atoms with Crippen LogP contribution in [-0.2, 0) is 4.79 Å². The fraction of sp³-hybridized carbons (Fsp3) is 0.0741. The molecular formula is C27H24N4O4. The number of fused-ring (bicyclic) bond motifs is 1. The molecular weight excluding hydrogens is 444 g/mol. The summed E-state index contributed by atoms with van der Waals surface area (Å²) in [6.45, 7) is 0. The molecule has 1 heterocycles. The molecule has 0 saturated carbocycles. The van der Waals surface area contributed by atoms with Crippen molar-refractivity contribution >= 4 is 35.0 Å². The van der Waals surface area contributed by atoms with Crippen LogP contribution in [0.4, 0.5) is 0 Å². The molecule has 35 heavy (non-hydrogen) atoms. The van der Waals surface area contributed by atoms with Crippen molar-refractivity contribution in [2.45, 2.75) is 0 Å². The van der Waals surface area contributed by atoms with Crippen LogP contribution < -0.4 is 20.2 Å². The molecule has 0 aliphatic heterocycles. The highest BCUT2D eigenvalue weighted by atomic mass is 16.5. The Balaban J connectivity index is 1.59. The van der Waals surface area contributed by atoms with Gasteiger partial charge in [-0.25, -0.2) is 5.43 Å². The Bertz CT molecular complexity index is 1410. The zero-order chi connectivity index (χ0) is 24.6. The van der Waals surface area contributed by atoms with Gasteiger partial charge in [-0.1, -0.05) is 42.5 Å². The number of H-pyrrole nitrogens is 1. The topological polar surface area (TPSA) is 105 Å². The van der Waals surface area contributed by atoms with Crippen LogP contribution >= 0.6 is 0 Å². The number of benzene rings is 3. The average Bonchev–Trinajstić information content (AvgIpc) is 3.31. The highest BCUT2D eigenvalue weighted by Crippen LogP contribution is 2.28. The first-order valence-electron chi connectivity index (χ1n) is 10.8. The molecule has 176 valence electrons. The van der Waals surface area contributed by atoms with Crippen molar-refractivity contribution in [2.24, 2.45) is 5.10 Å². The van der Waals surface area contributed by atoms with E-state index in [9.17, 15) is 9.59 Å². The van der Waals surface area contributed by atoms with Gasteiger partial charge in [0.1, 0.15) is 5.70 Å². The van der Waals surface area contributed by atoms with Gasteiger partial charge in [-0.2, -0.15) is 5.10 Å². The van der Waals surface area contributed by atoms with Crippen molar-refractivity contribution in [3.63, 3.8) is 0 Å². The van der Waals surface area contributed by atoms with E-state index in [4.69, 9.17) is 9.47 Å². The number of nitrogens with zero attached hydrogens (tertiary/aromatic N) is 1. The molecule has 8 nitrogen and oxygen atoms in total. The van der Waals surface area contributed by atoms with E-state index in [0.29, 0.717) is 22.6 Å². The van der Waals surface area contributed by atoms with Gasteiger partial charge >= 0.3 is 0 Å². The van der Waals surface area contributed by atoms with Gasteiger partial charge in [0.25, 0.3) is 11.8 Å². The first-order valence-corrected chi connectivity index (χ1v) is 10.8. The number of carbonyl (C=O) groups excluding carboxylic acids is 2. The number of nitrogens with one attached hydrogen (secondary N) is 3. The van der Waals surface area contributed by atoms with E-state index in [2.05, 4.69) is 20.8 Å². The van der Waals surface area contributed by atoms with Crippen LogP contribution in [0.1, 0.15) is 21.5 Å². The normalized spacial score (nSPS) is 11.4. The molecule has 0 aliphatic rings. The van der Waals surface area contributed by atoms with Crippen molar-refractivity contribution in [3.05, 3.63) is 101 Å². The van der Waals surface area contributed by atoms with E-state index in [-0.39, 0.29) is 5.70 Å². The second kappa shape index (κ2) is 10.8. The highest BCUT2D eigenvalue weighted by Gasteiger charge is 2.15. The fourth-order valence-corrected chi connectivity index (χ4v) is 3.47. The molecule has 3 N–H and O–H groups in total. The zero-order valence-corrected chi connectivity index (χ0v) is 19.2. The number of rotatable bonds is 8. The second-order valence-electron chi connectivity index (χ2n) is 7.48. The summed E-state index contributed by atoms with van der Waals surface area (Å²) in [5.74, 6) is 0.0355.